The molecule has 1 aromatic rings. The van der Waals surface area contributed by atoms with Crippen LogP contribution < -0.4 is 10.2 Å². The molecule has 18 heavy (non-hydrogen) atoms. The second-order valence-electron chi connectivity index (χ2n) is 5.31. The van der Waals surface area contributed by atoms with Gasteiger partial charge in [-0.1, -0.05) is 19.3 Å². The average molecular weight is 250 g/mol. The van der Waals surface area contributed by atoms with Crippen LogP contribution in [-0.2, 0) is 0 Å². The van der Waals surface area contributed by atoms with Crippen molar-refractivity contribution in [3.05, 3.63) is 12.4 Å². The molecule has 2 rings (SSSR count). The van der Waals surface area contributed by atoms with Gasteiger partial charge in [0, 0.05) is 32.0 Å². The fourth-order valence-electron chi connectivity index (χ4n) is 2.84. The van der Waals surface area contributed by atoms with E-state index in [1.54, 1.807) is 0 Å². The topological polar surface area (TPSA) is 33.1 Å². The van der Waals surface area contributed by atoms with Crippen molar-refractivity contribution in [2.45, 2.75) is 44.6 Å². The van der Waals surface area contributed by atoms with Gasteiger partial charge in [-0.3, -0.25) is 0 Å². The highest BCUT2D eigenvalue weighted by Gasteiger charge is 2.19. The molecule has 0 saturated heterocycles. The molecule has 1 aromatic heterocycles. The molecule has 4 heteroatoms. The third kappa shape index (κ3) is 3.25. The lowest BCUT2D eigenvalue weighted by atomic mass is 9.95. The monoisotopic (exact) mass is 250 g/mol. The second-order valence-corrected chi connectivity index (χ2v) is 5.31. The Labute approximate surface area is 110 Å². The standard InChI is InChI=1S/C14H26N4/c1-15-9-6-11-17(2)14-16-10-12-18(14)13-7-4-3-5-8-13/h10,12-13,15H,3-9,11H2,1-2H3. The van der Waals surface area contributed by atoms with Crippen LogP contribution in [0.25, 0.3) is 0 Å². The van der Waals surface area contributed by atoms with Crippen molar-refractivity contribution in [3.8, 4) is 0 Å². The van der Waals surface area contributed by atoms with Crippen LogP contribution in [0.4, 0.5) is 5.95 Å². The first-order chi connectivity index (χ1) is 8.83. The maximum absolute atomic E-state index is 4.54. The average Bonchev–Trinajstić information content (AvgIpc) is 2.89. The lowest BCUT2D eigenvalue weighted by Crippen LogP contribution is -2.26. The lowest BCUT2D eigenvalue weighted by molar-refractivity contribution is 0.353. The van der Waals surface area contributed by atoms with Gasteiger partial charge in [-0.2, -0.15) is 0 Å². The van der Waals surface area contributed by atoms with Crippen molar-refractivity contribution in [2.24, 2.45) is 0 Å². The third-order valence-electron chi connectivity index (χ3n) is 3.88. The summed E-state index contributed by atoms with van der Waals surface area (Å²) in [5.41, 5.74) is 0. The van der Waals surface area contributed by atoms with Crippen molar-refractivity contribution in [1.29, 1.82) is 0 Å². The zero-order chi connectivity index (χ0) is 12.8. The fourth-order valence-corrected chi connectivity index (χ4v) is 2.84. The molecule has 0 bridgehead atoms. The molecule has 1 N–H and O–H groups in total. The van der Waals surface area contributed by atoms with E-state index in [1.807, 2.05) is 13.2 Å². The van der Waals surface area contributed by atoms with Gasteiger partial charge in [-0.05, 0) is 32.9 Å². The third-order valence-corrected chi connectivity index (χ3v) is 3.88. The number of nitrogens with one attached hydrogen (secondary N) is 1. The highest BCUT2D eigenvalue weighted by molar-refractivity contribution is 5.30. The van der Waals surface area contributed by atoms with Crippen molar-refractivity contribution in [3.63, 3.8) is 0 Å². The molecule has 0 aliphatic heterocycles. The zero-order valence-corrected chi connectivity index (χ0v) is 11.7. The van der Waals surface area contributed by atoms with Crippen LogP contribution in [0, 0.1) is 0 Å². The van der Waals surface area contributed by atoms with E-state index in [0.29, 0.717) is 6.04 Å². The summed E-state index contributed by atoms with van der Waals surface area (Å²) in [6, 6.07) is 0.669. The molecule has 1 aliphatic carbocycles. The predicted molar refractivity (Wildman–Crippen MR) is 76.2 cm³/mol. The van der Waals surface area contributed by atoms with Crippen LogP contribution >= 0.6 is 0 Å². The van der Waals surface area contributed by atoms with Crippen molar-refractivity contribution < 1.29 is 0 Å². The number of anilines is 1. The van der Waals surface area contributed by atoms with Crippen molar-refractivity contribution in [2.75, 3.05) is 32.1 Å². The molecule has 0 unspecified atom stereocenters. The number of hydrogen-bond acceptors (Lipinski definition) is 3. The molecule has 0 radical (unpaired) electrons. The Hall–Kier alpha value is -1.03. The number of nitrogens with zero attached hydrogens (tertiary/aromatic N) is 3. The number of hydrogen-bond donors (Lipinski definition) is 1. The summed E-state index contributed by atoms with van der Waals surface area (Å²) >= 11 is 0. The van der Waals surface area contributed by atoms with Crippen LogP contribution in [0.1, 0.15) is 44.6 Å². The molecule has 0 atom stereocenters. The minimum atomic E-state index is 0.669. The first kappa shape index (κ1) is 13.4. The fraction of sp³-hybridized carbons (Fsp3) is 0.786. The molecule has 1 heterocycles. The maximum Gasteiger partial charge on any atom is 0.205 e. The lowest BCUT2D eigenvalue weighted by Gasteiger charge is -2.27. The minimum Gasteiger partial charge on any atom is -0.345 e. The van der Waals surface area contributed by atoms with Gasteiger partial charge in [-0.15, -0.1) is 0 Å². The number of rotatable bonds is 6. The number of aromatic nitrogens is 2. The van der Waals surface area contributed by atoms with Gasteiger partial charge in [0.1, 0.15) is 0 Å². The first-order valence-electron chi connectivity index (χ1n) is 7.21. The summed E-state index contributed by atoms with van der Waals surface area (Å²) < 4.78 is 2.39. The summed E-state index contributed by atoms with van der Waals surface area (Å²) in [6.07, 6.45) is 12.0. The van der Waals surface area contributed by atoms with Crippen LogP contribution in [0.2, 0.25) is 0 Å². The quantitative estimate of drug-likeness (QED) is 0.787. The van der Waals surface area contributed by atoms with Crippen LogP contribution in [-0.4, -0.2) is 36.7 Å². The molecule has 1 saturated carbocycles. The minimum absolute atomic E-state index is 0.669. The molecule has 1 fully saturated rings. The first-order valence-corrected chi connectivity index (χ1v) is 7.21. The van der Waals surface area contributed by atoms with E-state index in [1.165, 1.54) is 32.1 Å². The van der Waals surface area contributed by atoms with E-state index in [4.69, 9.17) is 0 Å². The summed E-state index contributed by atoms with van der Waals surface area (Å²) in [6.45, 7) is 2.12. The Morgan fingerprint density at radius 3 is 2.89 bits per heavy atom. The van der Waals surface area contributed by atoms with Gasteiger partial charge in [-0.25, -0.2) is 4.98 Å². The molecule has 0 spiro atoms. The molecule has 1 aliphatic rings. The Balaban J connectivity index is 1.97. The molecule has 0 amide bonds. The van der Waals surface area contributed by atoms with Crippen LogP contribution in [0.3, 0.4) is 0 Å². The van der Waals surface area contributed by atoms with Crippen LogP contribution in [0.5, 0.6) is 0 Å². The van der Waals surface area contributed by atoms with Gasteiger partial charge >= 0.3 is 0 Å². The van der Waals surface area contributed by atoms with E-state index < -0.39 is 0 Å². The SMILES string of the molecule is CNCCCN(C)c1nccn1C1CCCCC1. The summed E-state index contributed by atoms with van der Waals surface area (Å²) in [5, 5.41) is 3.19. The highest BCUT2D eigenvalue weighted by Crippen LogP contribution is 2.30. The Morgan fingerprint density at radius 1 is 1.39 bits per heavy atom. The van der Waals surface area contributed by atoms with Gasteiger partial charge in [0.2, 0.25) is 5.95 Å². The number of imidazole rings is 1. The molecular formula is C14H26N4. The maximum atomic E-state index is 4.54. The largest absolute Gasteiger partial charge is 0.345 e. The summed E-state index contributed by atoms with van der Waals surface area (Å²) in [5.74, 6) is 1.14. The molecule has 0 aromatic carbocycles. The summed E-state index contributed by atoms with van der Waals surface area (Å²) in [4.78, 5) is 6.82. The van der Waals surface area contributed by atoms with Gasteiger partial charge in [0.15, 0.2) is 0 Å². The van der Waals surface area contributed by atoms with E-state index in [0.717, 1.165) is 25.5 Å². The predicted octanol–water partition coefficient (Wildman–Crippen LogP) is 2.43. The molecule has 102 valence electrons. The van der Waals surface area contributed by atoms with Crippen molar-refractivity contribution >= 4 is 5.95 Å². The van der Waals surface area contributed by atoms with Crippen LogP contribution in [0.15, 0.2) is 12.4 Å². The second kappa shape index (κ2) is 6.78. The zero-order valence-electron chi connectivity index (χ0n) is 11.7. The van der Waals surface area contributed by atoms with Gasteiger partial charge in [0.05, 0.1) is 0 Å². The summed E-state index contributed by atoms with van der Waals surface area (Å²) in [7, 11) is 4.15. The van der Waals surface area contributed by atoms with Gasteiger partial charge in [0.25, 0.3) is 0 Å². The smallest absolute Gasteiger partial charge is 0.205 e. The van der Waals surface area contributed by atoms with E-state index in [2.05, 4.69) is 33.0 Å². The van der Waals surface area contributed by atoms with E-state index in [-0.39, 0.29) is 0 Å². The highest BCUT2D eigenvalue weighted by atomic mass is 15.3. The van der Waals surface area contributed by atoms with E-state index >= 15 is 0 Å². The Kier molecular flexibility index (Phi) is 5.05. The van der Waals surface area contributed by atoms with Gasteiger partial charge < -0.3 is 14.8 Å². The molecule has 4 nitrogen and oxygen atoms in total. The Morgan fingerprint density at radius 2 is 2.17 bits per heavy atom. The molecular weight excluding hydrogens is 224 g/mol. The van der Waals surface area contributed by atoms with E-state index in [9.17, 15) is 0 Å². The Bertz CT molecular complexity index is 341. The normalized spacial score (nSPS) is 17.0. The van der Waals surface area contributed by atoms with Crippen molar-refractivity contribution in [1.82, 2.24) is 14.9 Å².